The van der Waals surface area contributed by atoms with E-state index in [-0.39, 0.29) is 17.2 Å². The molecule has 1 aliphatic carbocycles. The maximum Gasteiger partial charge on any atom is 0.267 e. The van der Waals surface area contributed by atoms with Gasteiger partial charge in [0.15, 0.2) is 5.16 Å². The van der Waals surface area contributed by atoms with Crippen LogP contribution in [0.15, 0.2) is 58.5 Å². The van der Waals surface area contributed by atoms with Crippen LogP contribution in [0.25, 0.3) is 22.4 Å². The van der Waals surface area contributed by atoms with E-state index < -0.39 is 0 Å². The zero-order valence-electron chi connectivity index (χ0n) is 19.3. The fourth-order valence-electron chi connectivity index (χ4n) is 4.65. The van der Waals surface area contributed by atoms with Crippen molar-refractivity contribution in [3.8, 4) is 11.4 Å². The van der Waals surface area contributed by atoms with Crippen molar-refractivity contribution in [1.29, 1.82) is 0 Å². The van der Waals surface area contributed by atoms with E-state index >= 15 is 0 Å². The van der Waals surface area contributed by atoms with Crippen LogP contribution in [0.1, 0.15) is 32.1 Å². The second kappa shape index (κ2) is 9.50. The highest BCUT2D eigenvalue weighted by Crippen LogP contribution is 2.26. The molecule has 0 atom stereocenters. The molecule has 1 amide bonds. The number of amides is 1. The molecule has 1 aliphatic rings. The van der Waals surface area contributed by atoms with Crippen molar-refractivity contribution >= 4 is 34.3 Å². The van der Waals surface area contributed by atoms with Crippen molar-refractivity contribution in [2.75, 3.05) is 19.9 Å². The number of methoxy groups -OCH3 is 1. The Morgan fingerprint density at radius 3 is 2.71 bits per heavy atom. The normalized spacial score (nSPS) is 14.5. The molecule has 8 nitrogen and oxygen atoms in total. The van der Waals surface area contributed by atoms with Gasteiger partial charge in [0, 0.05) is 19.2 Å². The molecule has 0 radical (unpaired) electrons. The Balaban J connectivity index is 1.55. The predicted octanol–water partition coefficient (Wildman–Crippen LogP) is 3.93. The standard InChI is InChI=1S/C25H27N5O3S/c1-28(17-9-4-3-5-10-17)22(31)16-34-25-27-26-24-29(18-11-8-12-19(15-18)33-2)23(32)20-13-6-7-14-21(20)30(24)25/h6-8,11-15,17H,3-5,9-10,16H2,1-2H3. The van der Waals surface area contributed by atoms with E-state index in [0.29, 0.717) is 39.3 Å². The summed E-state index contributed by atoms with van der Waals surface area (Å²) in [6.45, 7) is 0. The predicted molar refractivity (Wildman–Crippen MR) is 133 cm³/mol. The zero-order valence-corrected chi connectivity index (χ0v) is 20.1. The van der Waals surface area contributed by atoms with E-state index in [1.54, 1.807) is 19.2 Å². The van der Waals surface area contributed by atoms with Gasteiger partial charge in [0.2, 0.25) is 11.7 Å². The average molecular weight is 478 g/mol. The number of aromatic nitrogens is 4. The third kappa shape index (κ3) is 4.04. The number of para-hydroxylation sites is 1. The summed E-state index contributed by atoms with van der Waals surface area (Å²) < 4.78 is 8.75. The monoisotopic (exact) mass is 477 g/mol. The van der Waals surface area contributed by atoms with E-state index in [1.165, 1.54) is 35.6 Å². The number of benzene rings is 2. The molecule has 34 heavy (non-hydrogen) atoms. The lowest BCUT2D eigenvalue weighted by atomic mass is 9.94. The van der Waals surface area contributed by atoms with Crippen LogP contribution in [0, 0.1) is 0 Å². The number of ether oxygens (including phenoxy) is 1. The average Bonchev–Trinajstić information content (AvgIpc) is 3.31. The summed E-state index contributed by atoms with van der Waals surface area (Å²) in [6.07, 6.45) is 5.74. The van der Waals surface area contributed by atoms with Gasteiger partial charge in [0.05, 0.1) is 29.5 Å². The van der Waals surface area contributed by atoms with E-state index in [9.17, 15) is 9.59 Å². The lowest BCUT2D eigenvalue weighted by molar-refractivity contribution is -0.129. The molecule has 2 aromatic heterocycles. The van der Waals surface area contributed by atoms with Gasteiger partial charge in [0.25, 0.3) is 5.56 Å². The van der Waals surface area contributed by atoms with Crippen molar-refractivity contribution in [3.63, 3.8) is 0 Å². The number of carbonyl (C=O) groups excluding carboxylic acids is 1. The van der Waals surface area contributed by atoms with E-state index in [0.717, 1.165) is 12.8 Å². The lowest BCUT2D eigenvalue weighted by Crippen LogP contribution is -2.39. The minimum Gasteiger partial charge on any atom is -0.497 e. The minimum atomic E-state index is -0.187. The summed E-state index contributed by atoms with van der Waals surface area (Å²) in [4.78, 5) is 28.3. The van der Waals surface area contributed by atoms with E-state index in [2.05, 4.69) is 10.2 Å². The molecule has 176 valence electrons. The maximum absolute atomic E-state index is 13.5. The van der Waals surface area contributed by atoms with Crippen LogP contribution < -0.4 is 10.3 Å². The fourth-order valence-corrected chi connectivity index (χ4v) is 5.52. The summed E-state index contributed by atoms with van der Waals surface area (Å²) in [7, 11) is 3.49. The summed E-state index contributed by atoms with van der Waals surface area (Å²) in [5.41, 5.74) is 1.16. The molecule has 0 spiro atoms. The third-order valence-electron chi connectivity index (χ3n) is 6.55. The number of carbonyl (C=O) groups is 1. The zero-order chi connectivity index (χ0) is 23.7. The van der Waals surface area contributed by atoms with Crippen LogP contribution >= 0.6 is 11.8 Å². The smallest absolute Gasteiger partial charge is 0.267 e. The molecule has 1 saturated carbocycles. The number of hydrogen-bond donors (Lipinski definition) is 0. The molecule has 0 aliphatic heterocycles. The number of nitrogens with zero attached hydrogens (tertiary/aromatic N) is 5. The molecule has 2 heterocycles. The minimum absolute atomic E-state index is 0.0825. The Kier molecular flexibility index (Phi) is 6.28. The first-order valence-electron chi connectivity index (χ1n) is 11.5. The van der Waals surface area contributed by atoms with Crippen molar-refractivity contribution in [1.82, 2.24) is 24.1 Å². The van der Waals surface area contributed by atoms with E-state index in [1.807, 2.05) is 52.7 Å². The van der Waals surface area contributed by atoms with Crippen molar-refractivity contribution in [2.24, 2.45) is 0 Å². The molecule has 0 saturated heterocycles. The van der Waals surface area contributed by atoms with Crippen LogP contribution in [-0.4, -0.2) is 55.9 Å². The Hall–Kier alpha value is -3.33. The van der Waals surface area contributed by atoms with Gasteiger partial charge in [-0.05, 0) is 37.1 Å². The largest absolute Gasteiger partial charge is 0.497 e. The summed E-state index contributed by atoms with van der Waals surface area (Å²) >= 11 is 1.35. The van der Waals surface area contributed by atoms with Crippen molar-refractivity contribution < 1.29 is 9.53 Å². The Morgan fingerprint density at radius 2 is 1.91 bits per heavy atom. The summed E-state index contributed by atoms with van der Waals surface area (Å²) in [5, 5.41) is 9.86. The highest BCUT2D eigenvalue weighted by molar-refractivity contribution is 7.99. The molecule has 4 aromatic rings. The van der Waals surface area contributed by atoms with Gasteiger partial charge >= 0.3 is 0 Å². The van der Waals surface area contributed by atoms with Gasteiger partial charge < -0.3 is 9.64 Å². The van der Waals surface area contributed by atoms with Gasteiger partial charge in [-0.25, -0.2) is 4.57 Å². The first-order chi connectivity index (χ1) is 16.6. The molecule has 9 heteroatoms. The SMILES string of the molecule is COc1cccc(-n2c(=O)c3ccccc3n3c(SCC(=O)N(C)C4CCCCC4)nnc23)c1. The van der Waals surface area contributed by atoms with Crippen LogP contribution in [0.5, 0.6) is 5.75 Å². The Labute approximate surface area is 201 Å². The first kappa shape index (κ1) is 22.5. The summed E-state index contributed by atoms with van der Waals surface area (Å²) in [6, 6.07) is 15.0. The summed E-state index contributed by atoms with van der Waals surface area (Å²) in [5.74, 6) is 1.38. The van der Waals surface area contributed by atoms with Crippen LogP contribution in [0.3, 0.4) is 0 Å². The van der Waals surface area contributed by atoms with Gasteiger partial charge in [-0.3, -0.25) is 14.0 Å². The maximum atomic E-state index is 13.5. The molecule has 1 fully saturated rings. The number of rotatable bonds is 6. The van der Waals surface area contributed by atoms with Gasteiger partial charge in [-0.15, -0.1) is 10.2 Å². The molecule has 0 N–H and O–H groups in total. The van der Waals surface area contributed by atoms with Crippen LogP contribution in [-0.2, 0) is 4.79 Å². The number of thioether (sulfide) groups is 1. The molecular formula is C25H27N5O3S. The quantitative estimate of drug-likeness (QED) is 0.392. The topological polar surface area (TPSA) is 81.7 Å². The molecule has 2 aromatic carbocycles. The first-order valence-corrected chi connectivity index (χ1v) is 12.5. The van der Waals surface area contributed by atoms with Crippen LogP contribution in [0.4, 0.5) is 0 Å². The lowest BCUT2D eigenvalue weighted by Gasteiger charge is -2.31. The number of hydrogen-bond acceptors (Lipinski definition) is 6. The van der Waals surface area contributed by atoms with E-state index in [4.69, 9.17) is 4.74 Å². The highest BCUT2D eigenvalue weighted by atomic mass is 32.2. The highest BCUT2D eigenvalue weighted by Gasteiger charge is 2.23. The second-order valence-electron chi connectivity index (χ2n) is 8.56. The second-order valence-corrected chi connectivity index (χ2v) is 9.50. The van der Waals surface area contributed by atoms with Gasteiger partial charge in [0.1, 0.15) is 5.75 Å². The fraction of sp³-hybridized carbons (Fsp3) is 0.360. The van der Waals surface area contributed by atoms with Crippen molar-refractivity contribution in [3.05, 3.63) is 58.9 Å². The third-order valence-corrected chi connectivity index (χ3v) is 7.46. The number of fused-ring (bicyclic) bond motifs is 3. The Bertz CT molecular complexity index is 1410. The Morgan fingerprint density at radius 1 is 1.12 bits per heavy atom. The molecule has 5 rings (SSSR count). The molecule has 0 unspecified atom stereocenters. The molecule has 0 bridgehead atoms. The van der Waals surface area contributed by atoms with Gasteiger partial charge in [-0.1, -0.05) is 49.2 Å². The molecular weight excluding hydrogens is 450 g/mol. The van der Waals surface area contributed by atoms with Crippen molar-refractivity contribution in [2.45, 2.75) is 43.3 Å². The van der Waals surface area contributed by atoms with Gasteiger partial charge in [-0.2, -0.15) is 0 Å². The van der Waals surface area contributed by atoms with Crippen LogP contribution in [0.2, 0.25) is 0 Å².